The van der Waals surface area contributed by atoms with Gasteiger partial charge in [0.15, 0.2) is 0 Å². The molecule has 0 aromatic heterocycles. The Bertz CT molecular complexity index is 413. The SMILES string of the molecule is CCCCCC1CCC(/C=C/C#CC2CCC(C(F)F)CC2)CC1. The molecule has 0 spiro atoms. The fourth-order valence-electron chi connectivity index (χ4n) is 4.22. The van der Waals surface area contributed by atoms with Crippen LogP contribution in [0.3, 0.4) is 0 Å². The zero-order valence-electron chi connectivity index (χ0n) is 15.3. The molecule has 0 aromatic carbocycles. The van der Waals surface area contributed by atoms with Gasteiger partial charge in [0.05, 0.1) is 0 Å². The summed E-state index contributed by atoms with van der Waals surface area (Å²) in [4.78, 5) is 0. The van der Waals surface area contributed by atoms with Crippen LogP contribution in [0.5, 0.6) is 0 Å². The van der Waals surface area contributed by atoms with E-state index in [-0.39, 0.29) is 5.92 Å². The summed E-state index contributed by atoms with van der Waals surface area (Å²) in [6.45, 7) is 2.27. The molecule has 136 valence electrons. The second kappa shape index (κ2) is 10.9. The summed E-state index contributed by atoms with van der Waals surface area (Å²) >= 11 is 0. The number of alkyl halides is 2. The molecule has 0 nitrogen and oxygen atoms in total. The molecule has 0 N–H and O–H groups in total. The first-order chi connectivity index (χ1) is 11.7. The number of hydrogen-bond acceptors (Lipinski definition) is 0. The van der Waals surface area contributed by atoms with E-state index >= 15 is 0 Å². The highest BCUT2D eigenvalue weighted by molar-refractivity contribution is 5.18. The average Bonchev–Trinajstić information content (AvgIpc) is 2.60. The zero-order chi connectivity index (χ0) is 17.2. The van der Waals surface area contributed by atoms with Gasteiger partial charge >= 0.3 is 0 Å². The van der Waals surface area contributed by atoms with E-state index in [4.69, 9.17) is 0 Å². The minimum atomic E-state index is -2.14. The fraction of sp³-hybridized carbons (Fsp3) is 0.818. The molecule has 2 rings (SSSR count). The number of unbranched alkanes of at least 4 members (excludes halogenated alkanes) is 2. The summed E-state index contributed by atoms with van der Waals surface area (Å²) in [6, 6.07) is 0. The third kappa shape index (κ3) is 6.96. The van der Waals surface area contributed by atoms with Gasteiger partial charge in [-0.1, -0.05) is 50.5 Å². The highest BCUT2D eigenvalue weighted by Gasteiger charge is 2.26. The van der Waals surface area contributed by atoms with Gasteiger partial charge < -0.3 is 0 Å². The van der Waals surface area contributed by atoms with Crippen LogP contribution in [0.2, 0.25) is 0 Å². The Morgan fingerprint density at radius 1 is 0.958 bits per heavy atom. The molecule has 24 heavy (non-hydrogen) atoms. The number of rotatable bonds is 6. The van der Waals surface area contributed by atoms with E-state index in [9.17, 15) is 8.78 Å². The van der Waals surface area contributed by atoms with E-state index in [2.05, 4.69) is 24.8 Å². The van der Waals surface area contributed by atoms with Gasteiger partial charge in [-0.15, -0.1) is 0 Å². The molecule has 2 saturated carbocycles. The molecule has 2 aliphatic rings. The summed E-state index contributed by atoms with van der Waals surface area (Å²) in [5.41, 5.74) is 0. The highest BCUT2D eigenvalue weighted by Crippen LogP contribution is 2.33. The van der Waals surface area contributed by atoms with Crippen LogP contribution < -0.4 is 0 Å². The lowest BCUT2D eigenvalue weighted by molar-refractivity contribution is 0.0513. The summed E-state index contributed by atoms with van der Waals surface area (Å²) < 4.78 is 25.3. The normalized spacial score (nSPS) is 31.2. The van der Waals surface area contributed by atoms with E-state index in [1.807, 2.05) is 6.08 Å². The van der Waals surface area contributed by atoms with E-state index in [0.717, 1.165) is 18.8 Å². The van der Waals surface area contributed by atoms with Gasteiger partial charge in [0.1, 0.15) is 0 Å². The molecule has 2 fully saturated rings. The molecule has 2 aliphatic carbocycles. The van der Waals surface area contributed by atoms with E-state index in [1.54, 1.807) is 0 Å². The van der Waals surface area contributed by atoms with Crippen LogP contribution in [0.1, 0.15) is 84.0 Å². The Balaban J connectivity index is 1.62. The maximum absolute atomic E-state index is 12.6. The Kier molecular flexibility index (Phi) is 8.86. The van der Waals surface area contributed by atoms with Crippen LogP contribution in [0.15, 0.2) is 12.2 Å². The molecule has 0 heterocycles. The van der Waals surface area contributed by atoms with E-state index < -0.39 is 6.43 Å². The van der Waals surface area contributed by atoms with Gasteiger partial charge in [-0.3, -0.25) is 0 Å². The molecule has 0 aromatic rings. The van der Waals surface area contributed by atoms with Crippen molar-refractivity contribution < 1.29 is 8.78 Å². The van der Waals surface area contributed by atoms with Crippen molar-refractivity contribution in [3.8, 4) is 11.8 Å². The van der Waals surface area contributed by atoms with Gasteiger partial charge in [0.2, 0.25) is 6.43 Å². The van der Waals surface area contributed by atoms with Crippen LogP contribution in [0, 0.1) is 35.5 Å². The summed E-state index contributed by atoms with van der Waals surface area (Å²) in [5.74, 6) is 8.07. The fourth-order valence-corrected chi connectivity index (χ4v) is 4.22. The number of halogens is 2. The molecule has 0 amide bonds. The van der Waals surface area contributed by atoms with Crippen molar-refractivity contribution in [2.24, 2.45) is 23.7 Å². The van der Waals surface area contributed by atoms with Gasteiger partial charge in [-0.25, -0.2) is 8.78 Å². The maximum Gasteiger partial charge on any atom is 0.241 e. The molecular formula is C22H34F2. The van der Waals surface area contributed by atoms with Gasteiger partial charge in [0, 0.05) is 11.8 Å². The second-order valence-corrected chi connectivity index (χ2v) is 7.87. The van der Waals surface area contributed by atoms with Gasteiger partial charge in [-0.2, -0.15) is 0 Å². The lowest BCUT2D eigenvalue weighted by Crippen LogP contribution is -2.19. The van der Waals surface area contributed by atoms with Crippen LogP contribution in [0.25, 0.3) is 0 Å². The quantitative estimate of drug-likeness (QED) is 0.362. The summed E-state index contributed by atoms with van der Waals surface area (Å²) in [7, 11) is 0. The van der Waals surface area contributed by atoms with Crippen molar-refractivity contribution in [2.45, 2.75) is 90.4 Å². The Labute approximate surface area is 147 Å². The molecule has 0 saturated heterocycles. The number of allylic oxidation sites excluding steroid dienone is 2. The zero-order valence-corrected chi connectivity index (χ0v) is 15.3. The smallest absolute Gasteiger partial charge is 0.210 e. The second-order valence-electron chi connectivity index (χ2n) is 7.87. The lowest BCUT2D eigenvalue weighted by atomic mass is 9.79. The largest absolute Gasteiger partial charge is 0.241 e. The van der Waals surface area contributed by atoms with Crippen LogP contribution >= 0.6 is 0 Å². The minimum Gasteiger partial charge on any atom is -0.210 e. The van der Waals surface area contributed by atoms with E-state index in [1.165, 1.54) is 51.4 Å². The van der Waals surface area contributed by atoms with Crippen molar-refractivity contribution in [3.05, 3.63) is 12.2 Å². The van der Waals surface area contributed by atoms with Crippen molar-refractivity contribution in [1.82, 2.24) is 0 Å². The Morgan fingerprint density at radius 2 is 1.67 bits per heavy atom. The highest BCUT2D eigenvalue weighted by atomic mass is 19.3. The standard InChI is InChI=1S/C22H34F2/c1-2-3-4-7-18-10-12-19(13-11-18)8-5-6-9-20-14-16-21(17-15-20)22(23)24/h5,8,18-22H,2-4,7,10-17H2,1H3/b8-5+. The topological polar surface area (TPSA) is 0 Å². The maximum atomic E-state index is 12.6. The van der Waals surface area contributed by atoms with Crippen LogP contribution in [-0.4, -0.2) is 6.43 Å². The van der Waals surface area contributed by atoms with Crippen LogP contribution in [-0.2, 0) is 0 Å². The van der Waals surface area contributed by atoms with Gasteiger partial charge in [-0.05, 0) is 69.3 Å². The summed E-state index contributed by atoms with van der Waals surface area (Å²) in [6.07, 6.45) is 16.1. The molecule has 0 atom stereocenters. The first kappa shape index (κ1) is 19.5. The predicted molar refractivity (Wildman–Crippen MR) is 98.0 cm³/mol. The molecule has 2 heteroatoms. The number of hydrogen-bond donors (Lipinski definition) is 0. The molecular weight excluding hydrogens is 302 g/mol. The minimum absolute atomic E-state index is 0.332. The average molecular weight is 337 g/mol. The van der Waals surface area contributed by atoms with E-state index in [0.29, 0.717) is 24.7 Å². The molecule has 0 unspecified atom stereocenters. The first-order valence-corrected chi connectivity index (χ1v) is 10.1. The van der Waals surface area contributed by atoms with Crippen molar-refractivity contribution >= 4 is 0 Å². The molecule has 0 radical (unpaired) electrons. The first-order valence-electron chi connectivity index (χ1n) is 10.1. The third-order valence-corrected chi connectivity index (χ3v) is 5.97. The third-order valence-electron chi connectivity index (χ3n) is 5.97. The van der Waals surface area contributed by atoms with Crippen molar-refractivity contribution in [1.29, 1.82) is 0 Å². The molecule has 0 bridgehead atoms. The summed E-state index contributed by atoms with van der Waals surface area (Å²) in [5, 5.41) is 0. The monoisotopic (exact) mass is 336 g/mol. The van der Waals surface area contributed by atoms with Crippen LogP contribution in [0.4, 0.5) is 8.78 Å². The predicted octanol–water partition coefficient (Wildman–Crippen LogP) is 7.00. The van der Waals surface area contributed by atoms with Crippen molar-refractivity contribution in [2.75, 3.05) is 0 Å². The van der Waals surface area contributed by atoms with Gasteiger partial charge in [0.25, 0.3) is 0 Å². The Hall–Kier alpha value is -0.840. The van der Waals surface area contributed by atoms with Crippen molar-refractivity contribution in [3.63, 3.8) is 0 Å². The lowest BCUT2D eigenvalue weighted by Gasteiger charge is -2.26. The Morgan fingerprint density at radius 3 is 2.29 bits per heavy atom. The molecule has 0 aliphatic heterocycles.